The molecular formula is C2H8B4O4S. The van der Waals surface area contributed by atoms with Gasteiger partial charge in [-0.25, -0.2) is 0 Å². The first-order chi connectivity index (χ1) is 4.66. The van der Waals surface area contributed by atoms with Gasteiger partial charge in [-0.3, -0.25) is 8.37 Å². The molecular weight excluding hydrogens is 163 g/mol. The van der Waals surface area contributed by atoms with Gasteiger partial charge in [0.25, 0.3) is 0 Å². The molecule has 0 saturated carbocycles. The summed E-state index contributed by atoms with van der Waals surface area (Å²) in [7, 11) is 2.95. The van der Waals surface area contributed by atoms with Crippen LogP contribution in [0.15, 0.2) is 0 Å². The van der Waals surface area contributed by atoms with Crippen LogP contribution in [0.1, 0.15) is 0 Å². The van der Waals surface area contributed by atoms with E-state index in [0.717, 1.165) is 0 Å². The first-order valence-corrected chi connectivity index (χ1v) is 4.66. The lowest BCUT2D eigenvalue weighted by Gasteiger charge is -2.28. The third-order valence-electron chi connectivity index (χ3n) is 2.07. The van der Waals surface area contributed by atoms with Crippen molar-refractivity contribution < 1.29 is 16.8 Å². The summed E-state index contributed by atoms with van der Waals surface area (Å²) in [5, 5.41) is -1.57. The molecule has 0 aromatic carbocycles. The van der Waals surface area contributed by atoms with Crippen LogP contribution in [-0.2, 0) is 18.8 Å². The van der Waals surface area contributed by atoms with E-state index in [1.807, 2.05) is 0 Å². The Balaban J connectivity index is 3.08. The molecule has 0 spiro atoms. The zero-order valence-corrected chi connectivity index (χ0v) is 7.86. The van der Waals surface area contributed by atoms with Gasteiger partial charge in [0.1, 0.15) is 31.4 Å². The Kier molecular flexibility index (Phi) is 1.75. The number of rotatable bonds is 0. The lowest BCUT2D eigenvalue weighted by molar-refractivity contribution is 0.218. The van der Waals surface area contributed by atoms with Crippen LogP contribution < -0.4 is 0 Å². The lowest BCUT2D eigenvalue weighted by atomic mass is 9.42. The molecule has 0 radical (unpaired) electrons. The van der Waals surface area contributed by atoms with Crippen molar-refractivity contribution >= 4 is 41.8 Å². The molecule has 11 heavy (non-hydrogen) atoms. The van der Waals surface area contributed by atoms with Crippen molar-refractivity contribution in [1.82, 2.24) is 0 Å². The van der Waals surface area contributed by atoms with E-state index in [1.165, 1.54) is 0 Å². The van der Waals surface area contributed by atoms with E-state index in [4.69, 9.17) is 8.37 Å². The third-order valence-corrected chi connectivity index (χ3v) is 3.31. The van der Waals surface area contributed by atoms with E-state index in [0.29, 0.717) is 0 Å². The molecule has 9 heteroatoms. The standard InChI is InChI=1S/C2H8B4O4S/c3-1(4)2(5,6)10-11(7,8)9-1/h3-6H2. The monoisotopic (exact) mass is 172 g/mol. The summed E-state index contributed by atoms with van der Waals surface area (Å²) >= 11 is 0. The fourth-order valence-electron chi connectivity index (χ4n) is 0.728. The van der Waals surface area contributed by atoms with E-state index in [2.05, 4.69) is 0 Å². The highest BCUT2D eigenvalue weighted by Crippen LogP contribution is 2.30. The maximum Gasteiger partial charge on any atom is 0.398 e. The molecule has 0 atom stereocenters. The van der Waals surface area contributed by atoms with Crippen molar-refractivity contribution in [3.8, 4) is 0 Å². The highest BCUT2D eigenvalue weighted by Gasteiger charge is 2.51. The minimum atomic E-state index is -3.76. The Bertz CT molecular complexity index is 246. The highest BCUT2D eigenvalue weighted by molar-refractivity contribution is 7.82. The third kappa shape index (κ3) is 1.50. The van der Waals surface area contributed by atoms with E-state index in [1.54, 1.807) is 31.4 Å². The van der Waals surface area contributed by atoms with Crippen molar-refractivity contribution in [3.05, 3.63) is 0 Å². The topological polar surface area (TPSA) is 52.6 Å². The van der Waals surface area contributed by atoms with Crippen LogP contribution in [0.3, 0.4) is 0 Å². The largest absolute Gasteiger partial charge is 0.398 e. The summed E-state index contributed by atoms with van der Waals surface area (Å²) in [6.07, 6.45) is 0. The summed E-state index contributed by atoms with van der Waals surface area (Å²) in [6, 6.07) is 0. The summed E-state index contributed by atoms with van der Waals surface area (Å²) in [5.74, 6) is 0. The van der Waals surface area contributed by atoms with E-state index < -0.39 is 21.2 Å². The Hall–Kier alpha value is 0.130. The summed E-state index contributed by atoms with van der Waals surface area (Å²) in [5.41, 5.74) is 0. The first-order valence-electron chi connectivity index (χ1n) is 3.32. The lowest BCUT2D eigenvalue weighted by Crippen LogP contribution is -2.54. The molecule has 1 heterocycles. The number of hydrogen-bond donors (Lipinski definition) is 0. The Morgan fingerprint density at radius 2 is 1.18 bits per heavy atom. The molecule has 0 N–H and O–H groups in total. The fraction of sp³-hybridized carbons (Fsp3) is 1.00. The van der Waals surface area contributed by atoms with E-state index in [9.17, 15) is 8.42 Å². The molecule has 0 amide bonds. The molecule has 58 valence electrons. The summed E-state index contributed by atoms with van der Waals surface area (Å²) < 4.78 is 31.0. The van der Waals surface area contributed by atoms with Crippen LogP contribution in [0.4, 0.5) is 0 Å². The van der Waals surface area contributed by atoms with Crippen molar-refractivity contribution in [2.24, 2.45) is 0 Å². The molecule has 1 aliphatic heterocycles. The Labute approximate surface area is 70.0 Å². The van der Waals surface area contributed by atoms with Gasteiger partial charge in [-0.15, -0.1) is 0 Å². The van der Waals surface area contributed by atoms with Gasteiger partial charge in [0, 0.05) is 10.8 Å². The van der Waals surface area contributed by atoms with Crippen LogP contribution in [0.25, 0.3) is 0 Å². The fourth-order valence-corrected chi connectivity index (χ4v) is 2.18. The Morgan fingerprint density at radius 1 is 0.909 bits per heavy atom. The minimum Gasteiger partial charge on any atom is -0.258 e. The zero-order chi connectivity index (χ0) is 8.91. The van der Waals surface area contributed by atoms with Crippen molar-refractivity contribution in [3.63, 3.8) is 0 Å². The first kappa shape index (κ1) is 9.22. The molecule has 0 aromatic rings. The molecule has 1 rings (SSSR count). The van der Waals surface area contributed by atoms with E-state index >= 15 is 0 Å². The molecule has 1 saturated heterocycles. The minimum absolute atomic E-state index is 0.786. The van der Waals surface area contributed by atoms with Crippen LogP contribution >= 0.6 is 0 Å². The molecule has 0 unspecified atom stereocenters. The average Bonchev–Trinajstić information content (AvgIpc) is 1.66. The van der Waals surface area contributed by atoms with Crippen LogP contribution in [0.2, 0.25) is 0 Å². The van der Waals surface area contributed by atoms with Gasteiger partial charge in [0.15, 0.2) is 0 Å². The van der Waals surface area contributed by atoms with Gasteiger partial charge in [0.2, 0.25) is 0 Å². The van der Waals surface area contributed by atoms with Gasteiger partial charge >= 0.3 is 10.4 Å². The second-order valence-corrected chi connectivity index (χ2v) is 4.75. The van der Waals surface area contributed by atoms with Crippen LogP contribution in [-0.4, -0.2) is 50.6 Å². The van der Waals surface area contributed by atoms with Crippen LogP contribution in [0.5, 0.6) is 0 Å². The summed E-state index contributed by atoms with van der Waals surface area (Å²) in [6.45, 7) is 0. The van der Waals surface area contributed by atoms with Crippen molar-refractivity contribution in [2.45, 2.75) is 10.8 Å². The molecule has 0 bridgehead atoms. The van der Waals surface area contributed by atoms with E-state index in [-0.39, 0.29) is 0 Å². The second kappa shape index (κ2) is 2.08. The van der Waals surface area contributed by atoms with Crippen molar-refractivity contribution in [1.29, 1.82) is 0 Å². The average molecular weight is 171 g/mol. The number of hydrogen-bond acceptors (Lipinski definition) is 4. The van der Waals surface area contributed by atoms with Crippen LogP contribution in [0, 0.1) is 0 Å². The Morgan fingerprint density at radius 3 is 1.27 bits per heavy atom. The van der Waals surface area contributed by atoms with Gasteiger partial charge in [-0.1, -0.05) is 0 Å². The quantitative estimate of drug-likeness (QED) is 0.343. The molecule has 1 aliphatic rings. The molecule has 0 aromatic heterocycles. The smallest absolute Gasteiger partial charge is 0.258 e. The van der Waals surface area contributed by atoms with Gasteiger partial charge in [0.05, 0.1) is 0 Å². The zero-order valence-electron chi connectivity index (χ0n) is 7.04. The highest BCUT2D eigenvalue weighted by atomic mass is 32.3. The predicted molar refractivity (Wildman–Crippen MR) is 50.7 cm³/mol. The SMILES string of the molecule is BC1(B)OS(=O)(=O)OC1(B)B. The second-order valence-electron chi connectivity index (χ2n) is 3.60. The summed E-state index contributed by atoms with van der Waals surface area (Å²) in [4.78, 5) is 0. The van der Waals surface area contributed by atoms with Gasteiger partial charge < -0.3 is 0 Å². The van der Waals surface area contributed by atoms with Gasteiger partial charge in [-0.2, -0.15) is 8.42 Å². The predicted octanol–water partition coefficient (Wildman–Crippen LogP) is -4.88. The molecule has 1 fully saturated rings. The van der Waals surface area contributed by atoms with Gasteiger partial charge in [-0.05, 0) is 0 Å². The molecule has 0 aliphatic carbocycles. The maximum absolute atomic E-state index is 10.8. The molecule has 4 nitrogen and oxygen atoms in total. The normalized spacial score (nSPS) is 31.6. The maximum atomic E-state index is 10.8. The van der Waals surface area contributed by atoms with Crippen molar-refractivity contribution in [2.75, 3.05) is 0 Å².